The van der Waals surface area contributed by atoms with E-state index in [2.05, 4.69) is 15.2 Å². The Morgan fingerprint density at radius 3 is 2.91 bits per heavy atom. The smallest absolute Gasteiger partial charge is 0.240 e. The second-order valence-corrected chi connectivity index (χ2v) is 6.42. The van der Waals surface area contributed by atoms with Crippen LogP contribution < -0.4 is 5.32 Å². The number of nitrogens with one attached hydrogen (secondary N) is 1. The number of likely N-dealkylation sites (tertiary alicyclic amines) is 1. The summed E-state index contributed by atoms with van der Waals surface area (Å²) in [6.45, 7) is 3.19. The predicted molar refractivity (Wildman–Crippen MR) is 87.1 cm³/mol. The topological polar surface area (TPSA) is 65.5 Å². The number of aromatic nitrogens is 1. The molecule has 6 heteroatoms. The number of amides is 1. The maximum Gasteiger partial charge on any atom is 0.240 e. The van der Waals surface area contributed by atoms with Gasteiger partial charge < -0.3 is 10.4 Å². The summed E-state index contributed by atoms with van der Waals surface area (Å²) in [6, 6.07) is 7.50. The van der Waals surface area contributed by atoms with Crippen molar-refractivity contribution in [3.05, 3.63) is 40.9 Å². The number of thiazole rings is 1. The summed E-state index contributed by atoms with van der Waals surface area (Å²) in [5.41, 5.74) is 2.07. The lowest BCUT2D eigenvalue weighted by Crippen LogP contribution is -2.32. The third-order valence-corrected chi connectivity index (χ3v) is 4.73. The molecule has 1 unspecified atom stereocenters. The summed E-state index contributed by atoms with van der Waals surface area (Å²) in [5.74, 6) is 0.241. The molecule has 0 aliphatic carbocycles. The summed E-state index contributed by atoms with van der Waals surface area (Å²) < 4.78 is 0. The molecule has 1 aliphatic rings. The van der Waals surface area contributed by atoms with Gasteiger partial charge in [0.05, 0.1) is 12.2 Å². The van der Waals surface area contributed by atoms with E-state index >= 15 is 0 Å². The molecule has 0 radical (unpaired) electrons. The monoisotopic (exact) mass is 317 g/mol. The number of carbonyl (C=O) groups is 1. The summed E-state index contributed by atoms with van der Waals surface area (Å²) in [7, 11) is 0. The number of anilines is 1. The molecule has 0 saturated carbocycles. The third kappa shape index (κ3) is 3.45. The molecule has 22 heavy (non-hydrogen) atoms. The Morgan fingerprint density at radius 1 is 1.45 bits per heavy atom. The van der Waals surface area contributed by atoms with Crippen LogP contribution in [-0.2, 0) is 4.79 Å². The number of nitrogens with zero attached hydrogens (tertiary/aromatic N) is 2. The van der Waals surface area contributed by atoms with Gasteiger partial charge in [0.25, 0.3) is 0 Å². The van der Waals surface area contributed by atoms with Crippen LogP contribution in [0.5, 0.6) is 5.75 Å². The molecular formula is C16H19N3O2S. The van der Waals surface area contributed by atoms with Gasteiger partial charge in [-0.3, -0.25) is 9.69 Å². The first-order chi connectivity index (χ1) is 10.6. The average molecular weight is 317 g/mol. The zero-order chi connectivity index (χ0) is 15.5. The molecule has 116 valence electrons. The fraction of sp³-hybridized carbons (Fsp3) is 0.375. The van der Waals surface area contributed by atoms with E-state index in [0.717, 1.165) is 30.6 Å². The first-order valence-electron chi connectivity index (χ1n) is 7.37. The third-order valence-electron chi connectivity index (χ3n) is 3.85. The molecule has 1 fully saturated rings. The van der Waals surface area contributed by atoms with E-state index < -0.39 is 0 Å². The van der Waals surface area contributed by atoms with Crippen LogP contribution in [0.1, 0.15) is 30.1 Å². The number of phenols is 1. The lowest BCUT2D eigenvalue weighted by atomic mass is 10.0. The average Bonchev–Trinajstić information content (AvgIpc) is 3.09. The van der Waals surface area contributed by atoms with Crippen molar-refractivity contribution in [2.45, 2.75) is 25.8 Å². The van der Waals surface area contributed by atoms with Crippen LogP contribution in [0, 0.1) is 6.92 Å². The summed E-state index contributed by atoms with van der Waals surface area (Å²) in [6.07, 6.45) is 2.11. The molecule has 1 amide bonds. The van der Waals surface area contributed by atoms with Crippen molar-refractivity contribution >= 4 is 22.4 Å². The molecule has 2 aromatic rings. The molecule has 1 aromatic carbocycles. The van der Waals surface area contributed by atoms with Crippen LogP contribution >= 0.6 is 11.3 Å². The Bertz CT molecular complexity index is 654. The number of phenolic OH excluding ortho intramolecular Hbond substituents is 1. The fourth-order valence-corrected chi connectivity index (χ4v) is 3.55. The van der Waals surface area contributed by atoms with Gasteiger partial charge in [0, 0.05) is 11.4 Å². The molecule has 0 spiro atoms. The second kappa shape index (κ2) is 6.46. The molecule has 3 rings (SSSR count). The maximum atomic E-state index is 12.2. The van der Waals surface area contributed by atoms with Crippen LogP contribution in [0.15, 0.2) is 29.6 Å². The van der Waals surface area contributed by atoms with E-state index in [1.165, 1.54) is 11.3 Å². The van der Waals surface area contributed by atoms with Crippen molar-refractivity contribution in [3.8, 4) is 5.75 Å². The van der Waals surface area contributed by atoms with Gasteiger partial charge >= 0.3 is 0 Å². The molecule has 1 saturated heterocycles. The number of hydrogen-bond acceptors (Lipinski definition) is 5. The van der Waals surface area contributed by atoms with Gasteiger partial charge in [-0.05, 0) is 44.0 Å². The minimum Gasteiger partial charge on any atom is -0.508 e. The highest BCUT2D eigenvalue weighted by Gasteiger charge is 2.27. The maximum absolute atomic E-state index is 12.2. The molecule has 2 heterocycles. The molecule has 2 N–H and O–H groups in total. The van der Waals surface area contributed by atoms with E-state index in [1.54, 1.807) is 12.1 Å². The van der Waals surface area contributed by atoms with Gasteiger partial charge in [0.2, 0.25) is 5.91 Å². The summed E-state index contributed by atoms with van der Waals surface area (Å²) in [4.78, 5) is 18.6. The SMILES string of the molecule is Cc1csc(NC(=O)CN2CCCC2c2ccc(O)cc2)n1. The largest absolute Gasteiger partial charge is 0.508 e. The van der Waals surface area contributed by atoms with Crippen molar-refractivity contribution < 1.29 is 9.90 Å². The number of hydrogen-bond donors (Lipinski definition) is 2. The Labute approximate surface area is 133 Å². The van der Waals surface area contributed by atoms with Gasteiger partial charge in [0.15, 0.2) is 5.13 Å². The lowest BCUT2D eigenvalue weighted by Gasteiger charge is -2.24. The molecule has 1 aliphatic heterocycles. The normalized spacial score (nSPS) is 18.5. The number of benzene rings is 1. The minimum absolute atomic E-state index is 0.0278. The van der Waals surface area contributed by atoms with Crippen LogP contribution in [0.3, 0.4) is 0 Å². The molecule has 1 atom stereocenters. The number of rotatable bonds is 4. The van der Waals surface area contributed by atoms with Crippen LogP contribution in [0.2, 0.25) is 0 Å². The Balaban J connectivity index is 1.63. The van der Waals surface area contributed by atoms with E-state index in [9.17, 15) is 9.90 Å². The summed E-state index contributed by atoms with van der Waals surface area (Å²) in [5, 5.41) is 14.8. The van der Waals surface area contributed by atoms with Gasteiger partial charge in [-0.1, -0.05) is 12.1 Å². The summed E-state index contributed by atoms with van der Waals surface area (Å²) >= 11 is 1.45. The Morgan fingerprint density at radius 2 is 2.23 bits per heavy atom. The molecular weight excluding hydrogens is 298 g/mol. The van der Waals surface area contributed by atoms with Gasteiger partial charge in [-0.25, -0.2) is 4.98 Å². The quantitative estimate of drug-likeness (QED) is 0.910. The molecule has 1 aromatic heterocycles. The number of aryl methyl sites for hydroxylation is 1. The van der Waals surface area contributed by atoms with E-state index in [-0.39, 0.29) is 17.7 Å². The highest BCUT2D eigenvalue weighted by molar-refractivity contribution is 7.13. The van der Waals surface area contributed by atoms with Gasteiger partial charge in [-0.2, -0.15) is 0 Å². The number of carbonyl (C=O) groups excluding carboxylic acids is 1. The Hall–Kier alpha value is -1.92. The van der Waals surface area contributed by atoms with Gasteiger partial charge in [0.1, 0.15) is 5.75 Å². The second-order valence-electron chi connectivity index (χ2n) is 5.56. The van der Waals surface area contributed by atoms with E-state index in [1.807, 2.05) is 24.4 Å². The van der Waals surface area contributed by atoms with Crippen molar-refractivity contribution in [2.24, 2.45) is 0 Å². The standard InChI is InChI=1S/C16H19N3O2S/c1-11-10-22-16(17-11)18-15(21)9-19-8-2-3-14(19)12-4-6-13(20)7-5-12/h4-7,10,14,20H,2-3,8-9H2,1H3,(H,17,18,21). The minimum atomic E-state index is -0.0278. The molecule has 0 bridgehead atoms. The van der Waals surface area contributed by atoms with Crippen molar-refractivity contribution in [1.82, 2.24) is 9.88 Å². The van der Waals surface area contributed by atoms with Crippen molar-refractivity contribution in [1.29, 1.82) is 0 Å². The van der Waals surface area contributed by atoms with Crippen molar-refractivity contribution in [2.75, 3.05) is 18.4 Å². The lowest BCUT2D eigenvalue weighted by molar-refractivity contribution is -0.117. The zero-order valence-electron chi connectivity index (χ0n) is 12.5. The van der Waals surface area contributed by atoms with Gasteiger partial charge in [-0.15, -0.1) is 11.3 Å². The Kier molecular flexibility index (Phi) is 4.40. The highest BCUT2D eigenvalue weighted by Crippen LogP contribution is 2.32. The fourth-order valence-electron chi connectivity index (χ4n) is 2.84. The van der Waals surface area contributed by atoms with Crippen LogP contribution in [0.25, 0.3) is 0 Å². The van der Waals surface area contributed by atoms with E-state index in [4.69, 9.17) is 0 Å². The van der Waals surface area contributed by atoms with E-state index in [0.29, 0.717) is 11.7 Å². The highest BCUT2D eigenvalue weighted by atomic mass is 32.1. The van der Waals surface area contributed by atoms with Crippen LogP contribution in [-0.4, -0.2) is 34.0 Å². The predicted octanol–water partition coefficient (Wildman–Crippen LogP) is 2.93. The zero-order valence-corrected chi connectivity index (χ0v) is 13.3. The van der Waals surface area contributed by atoms with Crippen LogP contribution in [0.4, 0.5) is 5.13 Å². The number of aromatic hydroxyl groups is 1. The first kappa shape index (κ1) is 15.0. The van der Waals surface area contributed by atoms with Crippen molar-refractivity contribution in [3.63, 3.8) is 0 Å². The molecule has 5 nitrogen and oxygen atoms in total. The first-order valence-corrected chi connectivity index (χ1v) is 8.25.